The molecule has 5 nitrogen and oxygen atoms in total. The topological polar surface area (TPSA) is 58.6 Å². The average Bonchev–Trinajstić information content (AvgIpc) is 3.44. The molecule has 0 saturated heterocycles. The lowest BCUT2D eigenvalue weighted by Crippen LogP contribution is -2.53. The summed E-state index contributed by atoms with van der Waals surface area (Å²) < 4.78 is 21.4. The second kappa shape index (κ2) is 13.7. The highest BCUT2D eigenvalue weighted by molar-refractivity contribution is 9.10. The van der Waals surface area contributed by atoms with E-state index in [2.05, 4.69) is 35.1 Å². The van der Waals surface area contributed by atoms with E-state index in [1.165, 1.54) is 11.0 Å². The van der Waals surface area contributed by atoms with Crippen LogP contribution in [0.4, 0.5) is 4.39 Å². The van der Waals surface area contributed by atoms with Crippen molar-refractivity contribution in [3.8, 4) is 5.75 Å². The summed E-state index contributed by atoms with van der Waals surface area (Å²) in [5.41, 5.74) is 2.41. The fraction of sp³-hybridized carbons (Fsp3) is 0.375. The minimum Gasteiger partial charge on any atom is -0.483 e. The predicted molar refractivity (Wildman–Crippen MR) is 155 cm³/mol. The van der Waals surface area contributed by atoms with Crippen molar-refractivity contribution in [2.24, 2.45) is 0 Å². The minimum atomic E-state index is -0.824. The smallest absolute Gasteiger partial charge is 0.261 e. The van der Waals surface area contributed by atoms with E-state index in [4.69, 9.17) is 4.74 Å². The molecule has 1 aliphatic rings. The number of halogens is 2. The summed E-state index contributed by atoms with van der Waals surface area (Å²) in [5.74, 6) is -0.143. The predicted octanol–water partition coefficient (Wildman–Crippen LogP) is 6.79. The summed E-state index contributed by atoms with van der Waals surface area (Å²) >= 11 is 3.55. The van der Waals surface area contributed by atoms with E-state index < -0.39 is 11.9 Å². The lowest BCUT2D eigenvalue weighted by molar-refractivity contribution is -0.143. The van der Waals surface area contributed by atoms with E-state index in [-0.39, 0.29) is 31.0 Å². The van der Waals surface area contributed by atoms with Crippen molar-refractivity contribution in [1.29, 1.82) is 0 Å². The first kappa shape index (κ1) is 28.8. The summed E-state index contributed by atoms with van der Waals surface area (Å²) in [5, 5.41) is 3.16. The van der Waals surface area contributed by atoms with Gasteiger partial charge in [-0.25, -0.2) is 4.39 Å². The molecule has 1 N–H and O–H groups in total. The van der Waals surface area contributed by atoms with Gasteiger partial charge in [0.1, 0.15) is 17.6 Å². The van der Waals surface area contributed by atoms with Crippen molar-refractivity contribution in [3.05, 3.63) is 99.8 Å². The van der Waals surface area contributed by atoms with Gasteiger partial charge in [0.05, 0.1) is 4.47 Å². The summed E-state index contributed by atoms with van der Waals surface area (Å²) in [7, 11) is 0. The molecule has 39 heavy (non-hydrogen) atoms. The number of amides is 2. The fourth-order valence-electron chi connectivity index (χ4n) is 4.95. The van der Waals surface area contributed by atoms with Crippen LogP contribution in [0.25, 0.3) is 0 Å². The van der Waals surface area contributed by atoms with E-state index in [9.17, 15) is 14.0 Å². The van der Waals surface area contributed by atoms with Crippen LogP contribution in [0.15, 0.2) is 77.3 Å². The van der Waals surface area contributed by atoms with Crippen LogP contribution in [-0.4, -0.2) is 35.4 Å². The van der Waals surface area contributed by atoms with E-state index in [1.807, 2.05) is 48.5 Å². The van der Waals surface area contributed by atoms with Gasteiger partial charge in [0.15, 0.2) is 6.61 Å². The molecule has 0 unspecified atom stereocenters. The van der Waals surface area contributed by atoms with E-state index >= 15 is 0 Å². The van der Waals surface area contributed by atoms with Gasteiger partial charge in [-0.2, -0.15) is 0 Å². The number of ether oxygens (including phenoxy) is 1. The number of hydrogen-bond acceptors (Lipinski definition) is 3. The average molecular weight is 596 g/mol. The molecule has 0 aromatic heterocycles. The number of hydrogen-bond donors (Lipinski definition) is 1. The van der Waals surface area contributed by atoms with Crippen LogP contribution in [0, 0.1) is 5.82 Å². The molecule has 1 aliphatic carbocycles. The molecule has 1 atom stereocenters. The van der Waals surface area contributed by atoms with Gasteiger partial charge in [0, 0.05) is 24.6 Å². The van der Waals surface area contributed by atoms with Crippen molar-refractivity contribution in [2.75, 3.05) is 6.61 Å². The first-order valence-corrected chi connectivity index (χ1v) is 14.4. The van der Waals surface area contributed by atoms with Crippen LogP contribution >= 0.6 is 15.9 Å². The maximum atomic E-state index is 14.8. The standard InChI is InChI=1S/C32H36BrFN2O3/c1-22(2)24-16-17-30(27(33)19-24)39-21-31(37)36(20-25-12-6-9-15-28(25)34)29(18-23-10-4-3-5-11-23)32(38)35-26-13-7-8-14-26/h3-6,9-12,15-17,19,22,26,29H,7-8,13-14,18,20-21H2,1-2H3,(H,35,38)/t29-/m1/s1. The number of carbonyl (C=O) groups is 2. The first-order valence-electron chi connectivity index (χ1n) is 13.6. The Balaban J connectivity index is 1.61. The van der Waals surface area contributed by atoms with Crippen LogP contribution < -0.4 is 10.1 Å². The molecule has 206 valence electrons. The molecule has 0 bridgehead atoms. The monoisotopic (exact) mass is 594 g/mol. The molecule has 3 aromatic carbocycles. The Bertz CT molecular complexity index is 1260. The van der Waals surface area contributed by atoms with Crippen molar-refractivity contribution in [3.63, 3.8) is 0 Å². The number of benzene rings is 3. The largest absolute Gasteiger partial charge is 0.483 e. The fourth-order valence-corrected chi connectivity index (χ4v) is 5.46. The molecule has 3 aromatic rings. The zero-order chi connectivity index (χ0) is 27.8. The van der Waals surface area contributed by atoms with Gasteiger partial charge in [-0.05, 0) is 64.0 Å². The van der Waals surface area contributed by atoms with E-state index in [0.29, 0.717) is 23.7 Å². The Hall–Kier alpha value is -3.19. The number of rotatable bonds is 11. The van der Waals surface area contributed by atoms with Gasteiger partial charge in [-0.15, -0.1) is 0 Å². The molecular formula is C32H36BrFN2O3. The summed E-state index contributed by atoms with van der Waals surface area (Å²) in [4.78, 5) is 28.9. The summed E-state index contributed by atoms with van der Waals surface area (Å²) in [6.07, 6.45) is 4.31. The highest BCUT2D eigenvalue weighted by atomic mass is 79.9. The number of nitrogens with zero attached hydrogens (tertiary/aromatic N) is 1. The lowest BCUT2D eigenvalue weighted by Gasteiger charge is -2.32. The number of carbonyl (C=O) groups excluding carboxylic acids is 2. The summed E-state index contributed by atoms with van der Waals surface area (Å²) in [6.45, 7) is 3.89. The van der Waals surface area contributed by atoms with Gasteiger partial charge < -0.3 is 15.0 Å². The van der Waals surface area contributed by atoms with Gasteiger partial charge >= 0.3 is 0 Å². The molecule has 1 saturated carbocycles. The second-order valence-electron chi connectivity index (χ2n) is 10.4. The van der Waals surface area contributed by atoms with Crippen molar-refractivity contribution >= 4 is 27.7 Å². The SMILES string of the molecule is CC(C)c1ccc(OCC(=O)N(Cc2ccccc2F)[C@H](Cc2ccccc2)C(=O)NC2CCCC2)c(Br)c1. The Labute approximate surface area is 238 Å². The third kappa shape index (κ3) is 7.91. The van der Waals surface area contributed by atoms with Crippen LogP contribution in [0.2, 0.25) is 0 Å². The molecule has 7 heteroatoms. The minimum absolute atomic E-state index is 0.0437. The van der Waals surface area contributed by atoms with Crippen LogP contribution in [0.1, 0.15) is 62.1 Å². The van der Waals surface area contributed by atoms with Crippen molar-refractivity contribution in [2.45, 2.75) is 70.5 Å². The van der Waals surface area contributed by atoms with Crippen LogP contribution in [0.5, 0.6) is 5.75 Å². The van der Waals surface area contributed by atoms with Gasteiger partial charge in [0.25, 0.3) is 5.91 Å². The zero-order valence-electron chi connectivity index (χ0n) is 22.5. The zero-order valence-corrected chi connectivity index (χ0v) is 24.1. The quantitative estimate of drug-likeness (QED) is 0.266. The molecule has 0 radical (unpaired) electrons. The second-order valence-corrected chi connectivity index (χ2v) is 11.3. The highest BCUT2D eigenvalue weighted by Crippen LogP contribution is 2.29. The van der Waals surface area contributed by atoms with Gasteiger partial charge in [-0.1, -0.05) is 81.3 Å². The Morgan fingerprint density at radius 1 is 1.03 bits per heavy atom. The normalized spacial score (nSPS) is 14.3. The van der Waals surface area contributed by atoms with Crippen LogP contribution in [-0.2, 0) is 22.6 Å². The maximum absolute atomic E-state index is 14.8. The molecule has 0 heterocycles. The molecule has 0 spiro atoms. The third-order valence-electron chi connectivity index (χ3n) is 7.24. The third-order valence-corrected chi connectivity index (χ3v) is 7.86. The molecular weight excluding hydrogens is 559 g/mol. The molecule has 2 amide bonds. The number of nitrogens with one attached hydrogen (secondary N) is 1. The Kier molecular flexibility index (Phi) is 10.2. The Morgan fingerprint density at radius 2 is 1.72 bits per heavy atom. The molecule has 1 fully saturated rings. The summed E-state index contributed by atoms with van der Waals surface area (Å²) in [6, 6.07) is 21.0. The van der Waals surface area contributed by atoms with Gasteiger partial charge in [-0.3, -0.25) is 9.59 Å². The Morgan fingerprint density at radius 3 is 2.38 bits per heavy atom. The van der Waals surface area contributed by atoms with Crippen molar-refractivity contribution in [1.82, 2.24) is 10.2 Å². The molecule has 4 rings (SSSR count). The maximum Gasteiger partial charge on any atom is 0.261 e. The van der Waals surface area contributed by atoms with Crippen LogP contribution in [0.3, 0.4) is 0 Å². The van der Waals surface area contributed by atoms with Gasteiger partial charge in [0.2, 0.25) is 5.91 Å². The first-order chi connectivity index (χ1) is 18.8. The van der Waals surface area contributed by atoms with Crippen molar-refractivity contribution < 1.29 is 18.7 Å². The highest BCUT2D eigenvalue weighted by Gasteiger charge is 2.33. The van der Waals surface area contributed by atoms with E-state index in [1.54, 1.807) is 18.2 Å². The van der Waals surface area contributed by atoms with E-state index in [0.717, 1.165) is 41.3 Å². The lowest BCUT2D eigenvalue weighted by atomic mass is 10.0. The molecule has 0 aliphatic heterocycles.